The van der Waals surface area contributed by atoms with E-state index in [9.17, 15) is 19.7 Å². The van der Waals surface area contributed by atoms with Crippen molar-refractivity contribution in [1.82, 2.24) is 14.5 Å². The third-order valence-corrected chi connectivity index (χ3v) is 8.58. The number of carbonyl (C=O) groups is 1. The molecule has 2 aromatic heterocycles. The summed E-state index contributed by atoms with van der Waals surface area (Å²) >= 11 is 8.37. The van der Waals surface area contributed by atoms with Crippen LogP contribution in [0.2, 0.25) is 5.02 Å². The van der Waals surface area contributed by atoms with Gasteiger partial charge in [0.15, 0.2) is 9.96 Å². The Morgan fingerprint density at radius 3 is 2.42 bits per heavy atom. The molecule has 0 unspecified atom stereocenters. The SMILES string of the molecule is CC1=C(C(=O)OC(C)C)[C@H](c2ccc(Cl)cc2)n2c(s/c(=C/c3ccc(Sc4nc(C)cc(C)n4)c([N+](=O)[O-])c3)c2=O)=N1. The van der Waals surface area contributed by atoms with Crippen LogP contribution in [0, 0.1) is 24.0 Å². The molecule has 0 bridgehead atoms. The molecule has 0 fully saturated rings. The highest BCUT2D eigenvalue weighted by molar-refractivity contribution is 7.99. The molecule has 0 N–H and O–H groups in total. The summed E-state index contributed by atoms with van der Waals surface area (Å²) in [7, 11) is 0. The van der Waals surface area contributed by atoms with Crippen molar-refractivity contribution in [3.05, 3.63) is 117 Å². The number of hydrogen-bond donors (Lipinski definition) is 0. The van der Waals surface area contributed by atoms with Gasteiger partial charge in [-0.1, -0.05) is 41.1 Å². The third kappa shape index (κ3) is 6.46. The van der Waals surface area contributed by atoms with Crippen LogP contribution in [-0.4, -0.2) is 31.5 Å². The number of nitro groups is 1. The zero-order valence-electron chi connectivity index (χ0n) is 23.8. The summed E-state index contributed by atoms with van der Waals surface area (Å²) in [5.41, 5.74) is 2.80. The lowest BCUT2D eigenvalue weighted by Gasteiger charge is -2.25. The standard InChI is InChI=1S/C30H26ClN5O5S2/c1-15(2)41-28(38)25-18(5)34-30-35(26(25)20-7-9-21(31)10-8-20)27(37)24(43-30)14-19-6-11-23(22(13-19)36(39)40)42-29-32-16(3)12-17(4)33-29/h6-15,26H,1-5H3/b24-14+/t26-/m0/s1. The first-order chi connectivity index (χ1) is 20.4. The Hall–Kier alpha value is -4.13. The summed E-state index contributed by atoms with van der Waals surface area (Å²) < 4.78 is 7.28. The highest BCUT2D eigenvalue weighted by Crippen LogP contribution is 2.34. The Morgan fingerprint density at radius 2 is 1.79 bits per heavy atom. The van der Waals surface area contributed by atoms with Gasteiger partial charge in [-0.15, -0.1) is 0 Å². The minimum absolute atomic E-state index is 0.136. The number of aromatic nitrogens is 3. The van der Waals surface area contributed by atoms with Gasteiger partial charge in [0.25, 0.3) is 11.2 Å². The molecule has 0 saturated carbocycles. The number of ether oxygens (including phenoxy) is 1. The average molecular weight is 636 g/mol. The zero-order valence-corrected chi connectivity index (χ0v) is 26.2. The molecule has 5 rings (SSSR count). The number of fused-ring (bicyclic) bond motifs is 1. The van der Waals surface area contributed by atoms with E-state index in [1.807, 2.05) is 19.9 Å². The number of rotatable bonds is 7. The number of nitro benzene ring substituents is 1. The van der Waals surface area contributed by atoms with E-state index in [4.69, 9.17) is 16.3 Å². The van der Waals surface area contributed by atoms with E-state index in [0.717, 1.165) is 34.5 Å². The average Bonchev–Trinajstić information content (AvgIpc) is 3.22. The van der Waals surface area contributed by atoms with E-state index in [-0.39, 0.29) is 17.4 Å². The van der Waals surface area contributed by atoms with Gasteiger partial charge in [-0.3, -0.25) is 19.5 Å². The Balaban J connectivity index is 1.61. The van der Waals surface area contributed by atoms with Gasteiger partial charge >= 0.3 is 5.97 Å². The molecule has 0 spiro atoms. The first-order valence-electron chi connectivity index (χ1n) is 13.2. The molecule has 10 nitrogen and oxygen atoms in total. The molecule has 0 amide bonds. The predicted octanol–water partition coefficient (Wildman–Crippen LogP) is 5.31. The summed E-state index contributed by atoms with van der Waals surface area (Å²) in [5.74, 6) is -0.568. The van der Waals surface area contributed by atoms with E-state index in [0.29, 0.717) is 41.2 Å². The Morgan fingerprint density at radius 1 is 1.12 bits per heavy atom. The third-order valence-electron chi connectivity index (χ3n) is 6.41. The maximum Gasteiger partial charge on any atom is 0.338 e. The number of allylic oxidation sites excluding steroid dienone is 1. The lowest BCUT2D eigenvalue weighted by molar-refractivity contribution is -0.387. The molecular weight excluding hydrogens is 610 g/mol. The van der Waals surface area contributed by atoms with E-state index in [1.54, 1.807) is 63.2 Å². The van der Waals surface area contributed by atoms with Crippen LogP contribution >= 0.6 is 34.7 Å². The number of nitrogens with zero attached hydrogens (tertiary/aromatic N) is 5. The number of carbonyl (C=O) groups excluding carboxylic acids is 1. The molecule has 0 saturated heterocycles. The monoisotopic (exact) mass is 635 g/mol. The molecule has 1 aliphatic heterocycles. The first kappa shape index (κ1) is 30.3. The molecule has 0 radical (unpaired) electrons. The maximum absolute atomic E-state index is 13.9. The second-order valence-corrected chi connectivity index (χ2v) is 12.6. The van der Waals surface area contributed by atoms with Crippen LogP contribution in [0.4, 0.5) is 5.69 Å². The van der Waals surface area contributed by atoms with Gasteiger partial charge in [0.05, 0.1) is 37.8 Å². The van der Waals surface area contributed by atoms with E-state index in [1.165, 1.54) is 10.6 Å². The Kier molecular flexibility index (Phi) is 8.63. The van der Waals surface area contributed by atoms with Gasteiger partial charge in [-0.25, -0.2) is 19.8 Å². The normalized spacial score (nSPS) is 15.0. The molecule has 4 aromatic rings. The number of halogens is 1. The van der Waals surface area contributed by atoms with Crippen LogP contribution in [0.15, 0.2) is 79.6 Å². The second kappa shape index (κ2) is 12.2. The molecule has 3 heterocycles. The van der Waals surface area contributed by atoms with E-state index in [2.05, 4.69) is 15.0 Å². The van der Waals surface area contributed by atoms with Crippen LogP contribution in [0.25, 0.3) is 6.08 Å². The quantitative estimate of drug-likeness (QED) is 0.116. The number of hydrogen-bond acceptors (Lipinski definition) is 10. The minimum Gasteiger partial charge on any atom is -0.459 e. The summed E-state index contributed by atoms with van der Waals surface area (Å²) in [6.45, 7) is 8.87. The Bertz CT molecular complexity index is 1960. The van der Waals surface area contributed by atoms with E-state index >= 15 is 0 Å². The van der Waals surface area contributed by atoms with Crippen LogP contribution < -0.4 is 14.9 Å². The summed E-state index contributed by atoms with van der Waals surface area (Å²) in [4.78, 5) is 52.7. The summed E-state index contributed by atoms with van der Waals surface area (Å²) in [5, 5.41) is 12.9. The van der Waals surface area contributed by atoms with Crippen molar-refractivity contribution in [2.75, 3.05) is 0 Å². The molecular formula is C30H26ClN5O5S2. The number of esters is 1. The molecule has 2 aromatic carbocycles. The smallest absolute Gasteiger partial charge is 0.338 e. The van der Waals surface area contributed by atoms with Gasteiger partial charge in [-0.05, 0) is 87.8 Å². The topological polar surface area (TPSA) is 130 Å². The van der Waals surface area contributed by atoms with Crippen molar-refractivity contribution in [1.29, 1.82) is 0 Å². The molecule has 220 valence electrons. The van der Waals surface area contributed by atoms with Crippen molar-refractivity contribution in [2.45, 2.75) is 56.8 Å². The fourth-order valence-corrected chi connectivity index (χ4v) is 6.79. The predicted molar refractivity (Wildman–Crippen MR) is 165 cm³/mol. The van der Waals surface area contributed by atoms with Crippen molar-refractivity contribution < 1.29 is 14.5 Å². The molecule has 13 heteroatoms. The number of thiazole rings is 1. The number of benzene rings is 2. The Labute approximate surface area is 259 Å². The lowest BCUT2D eigenvalue weighted by Crippen LogP contribution is -2.40. The van der Waals surface area contributed by atoms with Gasteiger partial charge in [-0.2, -0.15) is 0 Å². The van der Waals surface area contributed by atoms with Gasteiger partial charge < -0.3 is 4.74 Å². The van der Waals surface area contributed by atoms with E-state index < -0.39 is 22.5 Å². The van der Waals surface area contributed by atoms with Gasteiger partial charge in [0.2, 0.25) is 0 Å². The van der Waals surface area contributed by atoms with Crippen LogP contribution in [0.1, 0.15) is 49.3 Å². The minimum atomic E-state index is -0.798. The molecule has 1 aliphatic rings. The zero-order chi connectivity index (χ0) is 31.0. The summed E-state index contributed by atoms with van der Waals surface area (Å²) in [6, 6.07) is 12.6. The highest BCUT2D eigenvalue weighted by atomic mass is 35.5. The second-order valence-electron chi connectivity index (χ2n) is 10.1. The van der Waals surface area contributed by atoms with Gasteiger partial charge in [0.1, 0.15) is 0 Å². The van der Waals surface area contributed by atoms with Crippen LogP contribution in [0.3, 0.4) is 0 Å². The highest BCUT2D eigenvalue weighted by Gasteiger charge is 2.33. The van der Waals surface area contributed by atoms with Crippen LogP contribution in [0.5, 0.6) is 0 Å². The van der Waals surface area contributed by atoms with Crippen molar-refractivity contribution in [3.63, 3.8) is 0 Å². The van der Waals surface area contributed by atoms with Crippen LogP contribution in [-0.2, 0) is 9.53 Å². The molecule has 43 heavy (non-hydrogen) atoms. The molecule has 0 aliphatic carbocycles. The number of aryl methyl sites for hydroxylation is 2. The molecule has 1 atom stereocenters. The van der Waals surface area contributed by atoms with Gasteiger partial charge in [0, 0.05) is 22.5 Å². The van der Waals surface area contributed by atoms with Crippen molar-refractivity contribution in [2.24, 2.45) is 4.99 Å². The fraction of sp³-hybridized carbons (Fsp3) is 0.233. The van der Waals surface area contributed by atoms with Crippen molar-refractivity contribution >= 4 is 52.4 Å². The summed E-state index contributed by atoms with van der Waals surface area (Å²) in [6.07, 6.45) is 1.21. The fourth-order valence-electron chi connectivity index (χ4n) is 4.66. The maximum atomic E-state index is 13.9. The lowest BCUT2D eigenvalue weighted by atomic mass is 9.96. The van der Waals surface area contributed by atoms with Crippen molar-refractivity contribution in [3.8, 4) is 0 Å². The largest absolute Gasteiger partial charge is 0.459 e. The first-order valence-corrected chi connectivity index (χ1v) is 15.2.